The van der Waals surface area contributed by atoms with Gasteiger partial charge in [-0.25, -0.2) is 0 Å². The molecule has 1 saturated heterocycles. The molecule has 4 nitrogen and oxygen atoms in total. The molecule has 2 aromatic rings. The summed E-state index contributed by atoms with van der Waals surface area (Å²) in [6.45, 7) is 7.00. The summed E-state index contributed by atoms with van der Waals surface area (Å²) in [5.41, 5.74) is -0.519. The van der Waals surface area contributed by atoms with E-state index in [-0.39, 0.29) is 0 Å². The van der Waals surface area contributed by atoms with Gasteiger partial charge in [0.1, 0.15) is 5.60 Å². The van der Waals surface area contributed by atoms with Crippen LogP contribution in [0.2, 0.25) is 19.6 Å². The molecule has 2 aromatic carbocycles. The Bertz CT molecular complexity index is 710. The van der Waals surface area contributed by atoms with Crippen LogP contribution in [0.15, 0.2) is 60.7 Å². The van der Waals surface area contributed by atoms with E-state index in [1.165, 1.54) is 0 Å². The minimum atomic E-state index is -2.12. The van der Waals surface area contributed by atoms with Crippen molar-refractivity contribution in [3.63, 3.8) is 0 Å². The Morgan fingerprint density at radius 3 is 1.88 bits per heavy atom. The van der Waals surface area contributed by atoms with E-state index < -0.39 is 25.4 Å². The second-order valence-corrected chi connectivity index (χ2v) is 12.3. The lowest BCUT2D eigenvalue weighted by molar-refractivity contribution is -0.154. The fraction of sp³-hybridized carbons (Fsp3) is 0.381. The van der Waals surface area contributed by atoms with Crippen molar-refractivity contribution in [2.45, 2.75) is 43.6 Å². The molecule has 0 aromatic heterocycles. The van der Waals surface area contributed by atoms with E-state index in [2.05, 4.69) is 25.0 Å². The zero-order valence-corrected chi connectivity index (χ0v) is 16.7. The molecular weight excluding hydrogens is 342 g/mol. The number of carboxylic acid groups (broad SMARTS) is 1. The summed E-state index contributed by atoms with van der Waals surface area (Å²) in [4.78, 5) is 12.7. The molecule has 1 atom stereocenters. The van der Waals surface area contributed by atoms with Crippen LogP contribution in [0, 0.1) is 0 Å². The highest BCUT2D eigenvalue weighted by Gasteiger charge is 2.62. The molecule has 138 valence electrons. The molecule has 0 radical (unpaired) electrons. The van der Waals surface area contributed by atoms with Crippen molar-refractivity contribution in [1.29, 1.82) is 0 Å². The molecule has 1 aliphatic rings. The van der Waals surface area contributed by atoms with Gasteiger partial charge in [-0.15, -0.1) is 0 Å². The Morgan fingerprint density at radius 1 is 1.04 bits per heavy atom. The molecule has 3 rings (SSSR count). The third-order valence-corrected chi connectivity index (χ3v) is 5.86. The van der Waals surface area contributed by atoms with Crippen LogP contribution in [0.1, 0.15) is 24.0 Å². The van der Waals surface area contributed by atoms with E-state index in [1.807, 2.05) is 60.7 Å². The van der Waals surface area contributed by atoms with Gasteiger partial charge in [-0.2, -0.15) is 0 Å². The maximum absolute atomic E-state index is 12.7. The maximum Gasteiger partial charge on any atom is 0.327 e. The van der Waals surface area contributed by atoms with E-state index in [9.17, 15) is 9.90 Å². The molecule has 1 heterocycles. The standard InChI is InChI=1S/C21H27NO3Si/c1-26(2,3)25-21(17-11-6-4-7-12-17,18-13-8-5-9-14-18)20(19(23)24)15-10-16-22-20/h4-9,11-14,22H,10,15-16H2,1-3H3,(H,23,24)/t20-/m1/s1. The predicted octanol–water partition coefficient (Wildman–Crippen LogP) is 3.99. The van der Waals surface area contributed by atoms with Crippen LogP contribution in [0.4, 0.5) is 0 Å². The van der Waals surface area contributed by atoms with Gasteiger partial charge in [0, 0.05) is 0 Å². The van der Waals surface area contributed by atoms with Gasteiger partial charge in [0.15, 0.2) is 13.9 Å². The van der Waals surface area contributed by atoms with E-state index in [0.717, 1.165) is 17.5 Å². The Morgan fingerprint density at radius 2 is 1.54 bits per heavy atom. The van der Waals surface area contributed by atoms with E-state index in [1.54, 1.807) is 0 Å². The number of carbonyl (C=O) groups is 1. The number of carboxylic acids is 1. The summed E-state index contributed by atoms with van der Waals surface area (Å²) in [6, 6.07) is 19.6. The maximum atomic E-state index is 12.7. The Balaban J connectivity index is 2.37. The van der Waals surface area contributed by atoms with Crippen LogP contribution in [0.5, 0.6) is 0 Å². The number of hydrogen-bond donors (Lipinski definition) is 2. The molecule has 5 heteroatoms. The fourth-order valence-corrected chi connectivity index (χ4v) is 5.38. The molecule has 0 saturated carbocycles. The van der Waals surface area contributed by atoms with Gasteiger partial charge < -0.3 is 9.53 Å². The number of rotatable bonds is 6. The number of hydrogen-bond acceptors (Lipinski definition) is 3. The molecule has 2 N–H and O–H groups in total. The summed E-state index contributed by atoms with van der Waals surface area (Å²) in [6.07, 6.45) is 1.33. The van der Waals surface area contributed by atoms with Gasteiger partial charge in [-0.3, -0.25) is 10.1 Å². The third kappa shape index (κ3) is 3.11. The zero-order valence-electron chi connectivity index (χ0n) is 15.7. The Kier molecular flexibility index (Phi) is 5.06. The van der Waals surface area contributed by atoms with Gasteiger partial charge in [0.25, 0.3) is 0 Å². The lowest BCUT2D eigenvalue weighted by Gasteiger charge is -2.49. The van der Waals surface area contributed by atoms with Crippen molar-refractivity contribution >= 4 is 14.3 Å². The fourth-order valence-electron chi connectivity index (χ4n) is 4.05. The van der Waals surface area contributed by atoms with E-state index in [4.69, 9.17) is 4.43 Å². The minimum absolute atomic E-state index is 0.524. The molecule has 0 unspecified atom stereocenters. The highest BCUT2D eigenvalue weighted by atomic mass is 28.4. The number of benzene rings is 2. The van der Waals surface area contributed by atoms with E-state index in [0.29, 0.717) is 13.0 Å². The first-order valence-electron chi connectivity index (χ1n) is 9.11. The summed E-state index contributed by atoms with van der Waals surface area (Å²) in [5, 5.41) is 13.7. The van der Waals surface area contributed by atoms with Gasteiger partial charge in [0.2, 0.25) is 0 Å². The highest BCUT2D eigenvalue weighted by Crippen LogP contribution is 2.48. The van der Waals surface area contributed by atoms with Gasteiger partial charge in [-0.05, 0) is 50.2 Å². The van der Waals surface area contributed by atoms with Gasteiger partial charge in [0.05, 0.1) is 0 Å². The third-order valence-electron chi connectivity index (χ3n) is 4.94. The van der Waals surface area contributed by atoms with Crippen LogP contribution >= 0.6 is 0 Å². The molecule has 0 amide bonds. The Hall–Kier alpha value is -1.95. The molecule has 0 spiro atoms. The van der Waals surface area contributed by atoms with Crippen molar-refractivity contribution < 1.29 is 14.3 Å². The molecule has 0 aliphatic carbocycles. The van der Waals surface area contributed by atoms with Crippen LogP contribution in [-0.2, 0) is 14.8 Å². The molecule has 0 bridgehead atoms. The van der Waals surface area contributed by atoms with Crippen molar-refractivity contribution in [3.05, 3.63) is 71.8 Å². The van der Waals surface area contributed by atoms with Gasteiger partial charge >= 0.3 is 5.97 Å². The first-order valence-corrected chi connectivity index (χ1v) is 12.5. The number of aliphatic carboxylic acids is 1. The monoisotopic (exact) mass is 369 g/mol. The first kappa shape index (κ1) is 18.8. The van der Waals surface area contributed by atoms with Crippen LogP contribution < -0.4 is 5.32 Å². The average molecular weight is 370 g/mol. The summed E-state index contributed by atoms with van der Waals surface area (Å²) < 4.78 is 6.84. The minimum Gasteiger partial charge on any atom is -0.480 e. The largest absolute Gasteiger partial charge is 0.480 e. The summed E-state index contributed by atoms with van der Waals surface area (Å²) in [5.74, 6) is -0.860. The normalized spacial score (nSPS) is 20.9. The average Bonchev–Trinajstić information content (AvgIpc) is 3.12. The van der Waals surface area contributed by atoms with Crippen molar-refractivity contribution in [2.24, 2.45) is 0 Å². The predicted molar refractivity (Wildman–Crippen MR) is 106 cm³/mol. The summed E-state index contributed by atoms with van der Waals surface area (Å²) in [7, 11) is -2.12. The van der Waals surface area contributed by atoms with Crippen molar-refractivity contribution in [1.82, 2.24) is 5.32 Å². The zero-order chi connectivity index (χ0) is 18.8. The quantitative estimate of drug-likeness (QED) is 0.756. The van der Waals surface area contributed by atoms with Crippen molar-refractivity contribution in [3.8, 4) is 0 Å². The molecule has 1 aliphatic heterocycles. The highest BCUT2D eigenvalue weighted by molar-refractivity contribution is 6.69. The second-order valence-electron chi connectivity index (χ2n) is 7.87. The molecule has 26 heavy (non-hydrogen) atoms. The smallest absolute Gasteiger partial charge is 0.327 e. The first-order chi connectivity index (χ1) is 12.3. The SMILES string of the molecule is C[Si](C)(C)OC(c1ccccc1)(c1ccccc1)[C@]1(C(=O)O)CCCN1. The molecular formula is C21H27NO3Si. The van der Waals surface area contributed by atoms with Crippen molar-refractivity contribution in [2.75, 3.05) is 6.54 Å². The lowest BCUT2D eigenvalue weighted by Crippen LogP contribution is -2.66. The van der Waals surface area contributed by atoms with Crippen LogP contribution in [-0.4, -0.2) is 31.5 Å². The topological polar surface area (TPSA) is 58.6 Å². The lowest BCUT2D eigenvalue weighted by atomic mass is 9.69. The molecule has 1 fully saturated rings. The van der Waals surface area contributed by atoms with E-state index >= 15 is 0 Å². The summed E-state index contributed by atoms with van der Waals surface area (Å²) >= 11 is 0. The van der Waals surface area contributed by atoms with Gasteiger partial charge in [-0.1, -0.05) is 60.7 Å². The Labute approximate surface area is 156 Å². The number of nitrogens with one attached hydrogen (secondary N) is 1. The van der Waals surface area contributed by atoms with Crippen LogP contribution in [0.25, 0.3) is 0 Å². The second kappa shape index (κ2) is 6.99. The van der Waals surface area contributed by atoms with Crippen LogP contribution in [0.3, 0.4) is 0 Å².